The van der Waals surface area contributed by atoms with Gasteiger partial charge in [-0.05, 0) is 35.4 Å². The molecule has 1 unspecified atom stereocenters. The molecular formula is C26H20FN3O2. The molecule has 5 rings (SSSR count). The van der Waals surface area contributed by atoms with E-state index in [2.05, 4.69) is 9.97 Å². The SMILES string of the molecule is COc1ccnc(-c2cccc(C3(c4ccnc(OC)c4)N=Cc4c(F)cccc43)c2)c1. The molecule has 0 aliphatic carbocycles. The summed E-state index contributed by atoms with van der Waals surface area (Å²) in [5.74, 6) is 0.882. The molecule has 32 heavy (non-hydrogen) atoms. The van der Waals surface area contributed by atoms with Crippen LogP contribution >= 0.6 is 0 Å². The van der Waals surface area contributed by atoms with Gasteiger partial charge in [-0.15, -0.1) is 0 Å². The summed E-state index contributed by atoms with van der Waals surface area (Å²) < 4.78 is 25.4. The van der Waals surface area contributed by atoms with Gasteiger partial charge in [-0.25, -0.2) is 9.37 Å². The minimum absolute atomic E-state index is 0.306. The number of aromatic nitrogens is 2. The second-order valence-electron chi connectivity index (χ2n) is 7.42. The van der Waals surface area contributed by atoms with Gasteiger partial charge in [0.25, 0.3) is 0 Å². The van der Waals surface area contributed by atoms with Crippen LogP contribution in [-0.4, -0.2) is 30.4 Å². The molecule has 6 heteroatoms. The summed E-state index contributed by atoms with van der Waals surface area (Å²) >= 11 is 0. The lowest BCUT2D eigenvalue weighted by molar-refractivity contribution is 0.396. The third kappa shape index (κ3) is 3.12. The largest absolute Gasteiger partial charge is 0.497 e. The molecule has 1 aliphatic rings. The topological polar surface area (TPSA) is 56.6 Å². The fourth-order valence-electron chi connectivity index (χ4n) is 4.19. The fourth-order valence-corrected chi connectivity index (χ4v) is 4.19. The van der Waals surface area contributed by atoms with E-state index >= 15 is 0 Å². The molecule has 1 atom stereocenters. The number of hydrogen-bond donors (Lipinski definition) is 0. The Kier molecular flexibility index (Phi) is 4.90. The lowest BCUT2D eigenvalue weighted by atomic mass is 9.77. The molecule has 2 aromatic heterocycles. The predicted molar refractivity (Wildman–Crippen MR) is 121 cm³/mol. The smallest absolute Gasteiger partial charge is 0.213 e. The van der Waals surface area contributed by atoms with Crippen molar-refractivity contribution in [2.45, 2.75) is 5.54 Å². The molecule has 1 aliphatic heterocycles. The minimum atomic E-state index is -0.942. The van der Waals surface area contributed by atoms with E-state index in [9.17, 15) is 4.39 Å². The van der Waals surface area contributed by atoms with E-state index in [0.29, 0.717) is 11.4 Å². The van der Waals surface area contributed by atoms with Crippen LogP contribution in [0.1, 0.15) is 22.3 Å². The average molecular weight is 425 g/mol. The van der Waals surface area contributed by atoms with E-state index in [-0.39, 0.29) is 5.82 Å². The third-order valence-electron chi connectivity index (χ3n) is 5.73. The Morgan fingerprint density at radius 2 is 1.62 bits per heavy atom. The Balaban J connectivity index is 1.75. The van der Waals surface area contributed by atoms with Crippen molar-refractivity contribution in [3.63, 3.8) is 0 Å². The second kappa shape index (κ2) is 7.89. The number of nitrogens with zero attached hydrogens (tertiary/aromatic N) is 3. The van der Waals surface area contributed by atoms with Crippen molar-refractivity contribution >= 4 is 6.21 Å². The number of aliphatic imine (C=N–C) groups is 1. The molecule has 3 heterocycles. The molecule has 0 saturated heterocycles. The molecule has 0 amide bonds. The Morgan fingerprint density at radius 3 is 2.47 bits per heavy atom. The van der Waals surface area contributed by atoms with Crippen LogP contribution in [0.2, 0.25) is 0 Å². The number of pyridine rings is 2. The molecule has 0 radical (unpaired) electrons. The fraction of sp³-hybridized carbons (Fsp3) is 0.115. The summed E-state index contributed by atoms with van der Waals surface area (Å²) in [5, 5.41) is 0. The summed E-state index contributed by atoms with van der Waals surface area (Å²) in [7, 11) is 3.19. The first-order valence-electron chi connectivity index (χ1n) is 10.1. The molecule has 4 aromatic rings. The summed E-state index contributed by atoms with van der Waals surface area (Å²) in [6, 6.07) is 20.5. The first-order chi connectivity index (χ1) is 15.7. The molecule has 0 saturated carbocycles. The van der Waals surface area contributed by atoms with Crippen LogP contribution in [0.3, 0.4) is 0 Å². The van der Waals surface area contributed by atoms with Gasteiger partial charge in [0.15, 0.2) is 0 Å². The van der Waals surface area contributed by atoms with Gasteiger partial charge in [-0.3, -0.25) is 9.98 Å². The lowest BCUT2D eigenvalue weighted by Gasteiger charge is -2.30. The number of fused-ring (bicyclic) bond motifs is 1. The first-order valence-corrected chi connectivity index (χ1v) is 10.1. The highest BCUT2D eigenvalue weighted by molar-refractivity contribution is 5.89. The van der Waals surface area contributed by atoms with Crippen molar-refractivity contribution in [1.82, 2.24) is 9.97 Å². The summed E-state index contributed by atoms with van der Waals surface area (Å²) in [4.78, 5) is 13.6. The van der Waals surface area contributed by atoms with Crippen LogP contribution in [-0.2, 0) is 5.54 Å². The van der Waals surface area contributed by atoms with E-state index < -0.39 is 5.54 Å². The maximum atomic E-state index is 14.7. The highest BCUT2D eigenvalue weighted by Gasteiger charge is 2.41. The zero-order valence-electron chi connectivity index (χ0n) is 17.6. The van der Waals surface area contributed by atoms with Crippen molar-refractivity contribution in [2.75, 3.05) is 14.2 Å². The van der Waals surface area contributed by atoms with Crippen LogP contribution in [0, 0.1) is 5.82 Å². The van der Waals surface area contributed by atoms with Gasteiger partial charge in [0.1, 0.15) is 17.1 Å². The molecular weight excluding hydrogens is 405 g/mol. The van der Waals surface area contributed by atoms with Crippen LogP contribution < -0.4 is 9.47 Å². The maximum Gasteiger partial charge on any atom is 0.213 e. The Hall–Kier alpha value is -4.06. The van der Waals surface area contributed by atoms with Crippen molar-refractivity contribution < 1.29 is 13.9 Å². The molecule has 0 bridgehead atoms. The molecule has 158 valence electrons. The second-order valence-corrected chi connectivity index (χ2v) is 7.42. The van der Waals surface area contributed by atoms with Crippen LogP contribution in [0.4, 0.5) is 4.39 Å². The number of hydrogen-bond acceptors (Lipinski definition) is 5. The van der Waals surface area contributed by atoms with Gasteiger partial charge in [0.2, 0.25) is 5.88 Å². The average Bonchev–Trinajstić information content (AvgIpc) is 3.26. The number of methoxy groups -OCH3 is 2. The van der Waals surface area contributed by atoms with E-state index in [1.54, 1.807) is 45.0 Å². The van der Waals surface area contributed by atoms with E-state index in [1.165, 1.54) is 6.07 Å². The minimum Gasteiger partial charge on any atom is -0.497 e. The zero-order valence-corrected chi connectivity index (χ0v) is 17.6. The first kappa shape index (κ1) is 19.9. The van der Waals surface area contributed by atoms with Gasteiger partial charge in [-0.1, -0.05) is 30.3 Å². The van der Waals surface area contributed by atoms with Crippen molar-refractivity contribution in [1.29, 1.82) is 0 Å². The summed E-state index contributed by atoms with van der Waals surface area (Å²) in [5.41, 5.74) is 3.70. The number of rotatable bonds is 5. The maximum absolute atomic E-state index is 14.7. The number of ether oxygens (including phenoxy) is 2. The molecule has 5 nitrogen and oxygen atoms in total. The Bertz CT molecular complexity index is 1340. The molecule has 0 spiro atoms. The van der Waals surface area contributed by atoms with Crippen LogP contribution in [0.25, 0.3) is 11.3 Å². The molecule has 0 fully saturated rings. The van der Waals surface area contributed by atoms with Gasteiger partial charge in [-0.2, -0.15) is 0 Å². The monoisotopic (exact) mass is 425 g/mol. The third-order valence-corrected chi connectivity index (χ3v) is 5.73. The summed E-state index contributed by atoms with van der Waals surface area (Å²) in [6.45, 7) is 0. The highest BCUT2D eigenvalue weighted by atomic mass is 19.1. The number of halogens is 1. The van der Waals surface area contributed by atoms with Gasteiger partial charge in [0, 0.05) is 47.4 Å². The number of benzene rings is 2. The summed E-state index contributed by atoms with van der Waals surface area (Å²) in [6.07, 6.45) is 4.99. The molecule has 0 N–H and O–H groups in total. The highest BCUT2D eigenvalue weighted by Crippen LogP contribution is 2.46. The van der Waals surface area contributed by atoms with E-state index in [1.807, 2.05) is 48.5 Å². The van der Waals surface area contributed by atoms with Gasteiger partial charge < -0.3 is 9.47 Å². The van der Waals surface area contributed by atoms with Crippen molar-refractivity contribution in [3.05, 3.63) is 107 Å². The predicted octanol–water partition coefficient (Wildman–Crippen LogP) is 5.02. The quantitative estimate of drug-likeness (QED) is 0.450. The van der Waals surface area contributed by atoms with Gasteiger partial charge in [0.05, 0.1) is 19.9 Å². The van der Waals surface area contributed by atoms with Crippen LogP contribution in [0.5, 0.6) is 11.6 Å². The van der Waals surface area contributed by atoms with Crippen molar-refractivity contribution in [3.8, 4) is 22.9 Å². The molecule has 2 aromatic carbocycles. The van der Waals surface area contributed by atoms with E-state index in [4.69, 9.17) is 14.5 Å². The Morgan fingerprint density at radius 1 is 0.812 bits per heavy atom. The lowest BCUT2D eigenvalue weighted by Crippen LogP contribution is -2.25. The zero-order chi connectivity index (χ0) is 22.1. The standard InChI is InChI=1S/C26H20FN3O2/c1-31-20-10-12-28-24(15-20)17-5-3-6-18(13-17)26(19-9-11-29-25(14-19)32-2)22-7-4-8-23(27)21(22)16-30-26/h3-16H,1-2H3. The Labute approximate surface area is 185 Å². The van der Waals surface area contributed by atoms with Crippen LogP contribution in [0.15, 0.2) is 84.1 Å². The van der Waals surface area contributed by atoms with Crippen molar-refractivity contribution in [2.24, 2.45) is 4.99 Å². The van der Waals surface area contributed by atoms with Gasteiger partial charge >= 0.3 is 0 Å². The normalized spacial score (nSPS) is 16.6. The van der Waals surface area contributed by atoms with E-state index in [0.717, 1.165) is 33.7 Å².